The molecule has 2 nitrogen and oxygen atoms in total. The minimum Gasteiger partial charge on any atom is -0.496 e. The summed E-state index contributed by atoms with van der Waals surface area (Å²) in [4.78, 5) is 0. The molecule has 0 amide bonds. The normalized spacial score (nSPS) is 12.5. The first-order valence-corrected chi connectivity index (χ1v) is 20.8. The fraction of sp³-hybridized carbons (Fsp3) is 0.412. The Kier molecular flexibility index (Phi) is 13.2. The fourth-order valence-electron chi connectivity index (χ4n) is 8.14. The minimum absolute atomic E-state index is 0.0587. The number of ether oxygens (including phenoxy) is 2. The summed E-state index contributed by atoms with van der Waals surface area (Å²) >= 11 is 0. The third-order valence-electron chi connectivity index (χ3n) is 11.2. The zero-order valence-electron chi connectivity index (χ0n) is 35.5. The molecule has 0 aliphatic carbocycles. The molecule has 0 saturated heterocycles. The van der Waals surface area contributed by atoms with Crippen molar-refractivity contribution < 1.29 is 9.47 Å². The molecular formula is C51H65O2P. The SMILES string of the molecule is COc1cccc(OC)c1-c1ccccc1C(P)c1c(-c2c(C(C)C)cc(C(C)C)cc2C(C)C)cccc1-c1c(C(C)C)cc(C(C)C)cc1C(C)C. The Balaban J connectivity index is 2.01. The van der Waals surface area contributed by atoms with Gasteiger partial charge >= 0.3 is 0 Å². The van der Waals surface area contributed by atoms with Gasteiger partial charge in [-0.25, -0.2) is 0 Å². The van der Waals surface area contributed by atoms with Crippen LogP contribution >= 0.6 is 9.24 Å². The van der Waals surface area contributed by atoms with Gasteiger partial charge in [0.1, 0.15) is 11.5 Å². The highest BCUT2D eigenvalue weighted by atomic mass is 31.0. The lowest BCUT2D eigenvalue weighted by atomic mass is 9.75. The van der Waals surface area contributed by atoms with Gasteiger partial charge in [-0.05, 0) is 120 Å². The smallest absolute Gasteiger partial charge is 0.130 e. The molecule has 0 radical (unpaired) electrons. The molecule has 0 fully saturated rings. The molecule has 0 saturated carbocycles. The average molecular weight is 741 g/mol. The molecule has 5 aromatic rings. The van der Waals surface area contributed by atoms with Crippen LogP contribution in [-0.2, 0) is 0 Å². The van der Waals surface area contributed by atoms with Gasteiger partial charge < -0.3 is 9.47 Å². The van der Waals surface area contributed by atoms with Crippen molar-refractivity contribution in [2.24, 2.45) is 0 Å². The molecule has 54 heavy (non-hydrogen) atoms. The first-order valence-electron chi connectivity index (χ1n) is 20.2. The van der Waals surface area contributed by atoms with E-state index in [1.165, 1.54) is 66.8 Å². The molecule has 0 spiro atoms. The summed E-state index contributed by atoms with van der Waals surface area (Å²) in [7, 11) is 6.82. The highest BCUT2D eigenvalue weighted by Gasteiger charge is 2.30. The van der Waals surface area contributed by atoms with Crippen LogP contribution in [0.4, 0.5) is 0 Å². The second-order valence-electron chi connectivity index (χ2n) is 16.9. The van der Waals surface area contributed by atoms with E-state index in [4.69, 9.17) is 9.47 Å². The van der Waals surface area contributed by atoms with Gasteiger partial charge in [0.05, 0.1) is 19.8 Å². The van der Waals surface area contributed by atoms with Crippen LogP contribution in [0.1, 0.15) is 169 Å². The van der Waals surface area contributed by atoms with Crippen molar-refractivity contribution in [1.82, 2.24) is 0 Å². The van der Waals surface area contributed by atoms with Crippen LogP contribution in [0.25, 0.3) is 33.4 Å². The molecule has 5 aromatic carbocycles. The number of hydrogen-bond acceptors (Lipinski definition) is 2. The Morgan fingerprint density at radius 3 is 1.09 bits per heavy atom. The quantitative estimate of drug-likeness (QED) is 0.112. The summed E-state index contributed by atoms with van der Waals surface area (Å²) in [5.41, 5.74) is 18.5. The maximum absolute atomic E-state index is 6.01. The molecule has 0 aliphatic heterocycles. The first kappa shape index (κ1) is 41.3. The van der Waals surface area contributed by atoms with Crippen molar-refractivity contribution in [3.63, 3.8) is 0 Å². The Labute approximate surface area is 330 Å². The second-order valence-corrected chi connectivity index (χ2v) is 17.6. The second kappa shape index (κ2) is 17.3. The Morgan fingerprint density at radius 1 is 0.389 bits per heavy atom. The van der Waals surface area contributed by atoms with Crippen LogP contribution in [0.15, 0.2) is 84.9 Å². The Bertz CT molecular complexity index is 1910. The number of rotatable bonds is 13. The molecule has 0 N–H and O–H groups in total. The summed E-state index contributed by atoms with van der Waals surface area (Å²) in [6.07, 6.45) is 0. The van der Waals surface area contributed by atoms with E-state index in [2.05, 4.69) is 159 Å². The van der Waals surface area contributed by atoms with Crippen LogP contribution in [0.5, 0.6) is 11.5 Å². The minimum atomic E-state index is -0.0587. The Hall–Kier alpha value is -3.87. The lowest BCUT2D eigenvalue weighted by Crippen LogP contribution is -2.10. The highest BCUT2D eigenvalue weighted by molar-refractivity contribution is 7.17. The van der Waals surface area contributed by atoms with E-state index in [-0.39, 0.29) is 5.66 Å². The summed E-state index contributed by atoms with van der Waals surface area (Å²) < 4.78 is 12.0. The van der Waals surface area contributed by atoms with Gasteiger partial charge in [0.2, 0.25) is 0 Å². The summed E-state index contributed by atoms with van der Waals surface area (Å²) in [5.74, 6) is 3.89. The molecule has 0 heterocycles. The molecule has 3 heteroatoms. The van der Waals surface area contributed by atoms with Gasteiger partial charge in [-0.15, -0.1) is 9.24 Å². The first-order chi connectivity index (χ1) is 25.6. The summed E-state index contributed by atoms with van der Waals surface area (Å²) in [6.45, 7) is 28.1. The molecule has 286 valence electrons. The van der Waals surface area contributed by atoms with Crippen molar-refractivity contribution in [3.8, 4) is 44.9 Å². The van der Waals surface area contributed by atoms with E-state index in [0.717, 1.165) is 22.6 Å². The fourth-order valence-corrected chi connectivity index (χ4v) is 8.79. The summed E-state index contributed by atoms with van der Waals surface area (Å²) in [6, 6.07) is 32.0. The maximum Gasteiger partial charge on any atom is 0.130 e. The predicted molar refractivity (Wildman–Crippen MR) is 238 cm³/mol. The van der Waals surface area contributed by atoms with E-state index < -0.39 is 0 Å². The maximum atomic E-state index is 6.01. The van der Waals surface area contributed by atoms with E-state index >= 15 is 0 Å². The monoisotopic (exact) mass is 740 g/mol. The van der Waals surface area contributed by atoms with Crippen molar-refractivity contribution >= 4 is 9.24 Å². The molecule has 5 rings (SSSR count). The zero-order chi connectivity index (χ0) is 39.6. The number of hydrogen-bond donors (Lipinski definition) is 0. The average Bonchev–Trinajstić information content (AvgIpc) is 3.15. The summed E-state index contributed by atoms with van der Waals surface area (Å²) in [5, 5.41) is 0. The molecular weight excluding hydrogens is 676 g/mol. The molecule has 2 unspecified atom stereocenters. The molecule has 0 bridgehead atoms. The van der Waals surface area contributed by atoms with Crippen molar-refractivity contribution in [2.75, 3.05) is 14.2 Å². The van der Waals surface area contributed by atoms with Gasteiger partial charge in [-0.1, -0.05) is 156 Å². The van der Waals surface area contributed by atoms with Crippen molar-refractivity contribution in [1.29, 1.82) is 0 Å². The molecule has 0 aromatic heterocycles. The van der Waals surface area contributed by atoms with E-state index in [0.29, 0.717) is 35.5 Å². The number of methoxy groups -OCH3 is 2. The predicted octanol–water partition coefficient (Wildman–Crippen LogP) is 15.4. The van der Waals surface area contributed by atoms with Crippen LogP contribution in [0.3, 0.4) is 0 Å². The zero-order valence-corrected chi connectivity index (χ0v) is 36.7. The third kappa shape index (κ3) is 8.07. The molecule has 2 atom stereocenters. The van der Waals surface area contributed by atoms with Gasteiger partial charge in [0.25, 0.3) is 0 Å². The van der Waals surface area contributed by atoms with Gasteiger partial charge in [0.15, 0.2) is 0 Å². The largest absolute Gasteiger partial charge is 0.496 e. The lowest BCUT2D eigenvalue weighted by Gasteiger charge is -2.31. The topological polar surface area (TPSA) is 18.5 Å². The van der Waals surface area contributed by atoms with Gasteiger partial charge in [-0.2, -0.15) is 0 Å². The van der Waals surface area contributed by atoms with Crippen LogP contribution < -0.4 is 9.47 Å². The lowest BCUT2D eigenvalue weighted by molar-refractivity contribution is 0.397. The van der Waals surface area contributed by atoms with Crippen molar-refractivity contribution in [2.45, 2.75) is 124 Å². The highest BCUT2D eigenvalue weighted by Crippen LogP contribution is 2.52. The van der Waals surface area contributed by atoms with E-state index in [9.17, 15) is 0 Å². The van der Waals surface area contributed by atoms with Gasteiger partial charge in [0, 0.05) is 5.66 Å². The van der Waals surface area contributed by atoms with Crippen LogP contribution in [-0.4, -0.2) is 14.2 Å². The van der Waals surface area contributed by atoms with Crippen molar-refractivity contribution in [3.05, 3.63) is 129 Å². The Morgan fingerprint density at radius 2 is 0.741 bits per heavy atom. The van der Waals surface area contributed by atoms with E-state index in [1.54, 1.807) is 14.2 Å². The third-order valence-corrected chi connectivity index (χ3v) is 11.9. The van der Waals surface area contributed by atoms with Crippen LogP contribution in [0.2, 0.25) is 0 Å². The van der Waals surface area contributed by atoms with E-state index in [1.807, 2.05) is 18.2 Å². The van der Waals surface area contributed by atoms with Crippen LogP contribution in [0, 0.1) is 0 Å². The number of benzene rings is 5. The standard InChI is InChI=1S/C51H65O2P/c1-29(2)35-25-41(31(5)6)47(42(26-35)32(7)8)39-21-17-22-40(48-43(33(9)10)27-36(30(3)4)28-44(48)34(11)12)49(39)51(54)38-20-16-15-19-37(38)50-45(52-13)23-18-24-46(50)53-14/h15-34,51H,54H2,1-14H3. The molecule has 0 aliphatic rings. The van der Waals surface area contributed by atoms with Gasteiger partial charge in [-0.3, -0.25) is 0 Å².